The molecule has 3 aliphatic rings. The zero-order chi connectivity index (χ0) is 13.7. The minimum Gasteiger partial charge on any atom is -0.381 e. The van der Waals surface area contributed by atoms with Crippen molar-refractivity contribution in [3.05, 3.63) is 0 Å². The maximum atomic E-state index is 5.45. The van der Waals surface area contributed by atoms with E-state index in [1.165, 1.54) is 0 Å². The highest BCUT2D eigenvalue weighted by atomic mass is 32.2. The first-order valence-electron chi connectivity index (χ1n) is 7.70. The molecule has 114 valence electrons. The summed E-state index contributed by atoms with van der Waals surface area (Å²) < 4.78 is 10.8. The van der Waals surface area contributed by atoms with Gasteiger partial charge in [-0.1, -0.05) is 11.8 Å². The van der Waals surface area contributed by atoms with Gasteiger partial charge in [-0.05, 0) is 19.3 Å². The van der Waals surface area contributed by atoms with Crippen molar-refractivity contribution in [1.29, 1.82) is 0 Å². The van der Waals surface area contributed by atoms with Gasteiger partial charge in [0.2, 0.25) is 0 Å². The Morgan fingerprint density at radius 3 is 2.70 bits per heavy atom. The molecule has 3 fully saturated rings. The molecule has 3 rings (SSSR count). The van der Waals surface area contributed by atoms with Crippen molar-refractivity contribution in [2.45, 2.75) is 24.8 Å². The van der Waals surface area contributed by atoms with E-state index in [0.29, 0.717) is 0 Å². The van der Waals surface area contributed by atoms with Crippen LogP contribution < -0.4 is 5.32 Å². The number of rotatable bonds is 4. The van der Waals surface area contributed by atoms with Crippen LogP contribution in [0.3, 0.4) is 0 Å². The van der Waals surface area contributed by atoms with E-state index in [-0.39, 0.29) is 5.54 Å². The van der Waals surface area contributed by atoms with Gasteiger partial charge in [0, 0.05) is 45.1 Å². The molecule has 3 heterocycles. The minimum atomic E-state index is 0.270. The maximum Gasteiger partial charge on any atom is 0.157 e. The van der Waals surface area contributed by atoms with Crippen LogP contribution in [0.2, 0.25) is 0 Å². The summed E-state index contributed by atoms with van der Waals surface area (Å²) in [5.74, 6) is 1.15. The van der Waals surface area contributed by atoms with E-state index in [4.69, 9.17) is 14.5 Å². The number of ether oxygens (including phenoxy) is 2. The summed E-state index contributed by atoms with van der Waals surface area (Å²) in [7, 11) is 0. The molecule has 0 aromatic carbocycles. The van der Waals surface area contributed by atoms with E-state index in [1.807, 2.05) is 11.8 Å². The average Bonchev–Trinajstić information content (AvgIpc) is 2.88. The van der Waals surface area contributed by atoms with Crippen LogP contribution in [0.5, 0.6) is 0 Å². The van der Waals surface area contributed by atoms with Crippen molar-refractivity contribution in [3.8, 4) is 0 Å². The van der Waals surface area contributed by atoms with E-state index < -0.39 is 0 Å². The zero-order valence-electron chi connectivity index (χ0n) is 12.1. The topological polar surface area (TPSA) is 46.1 Å². The molecule has 0 unspecified atom stereocenters. The van der Waals surface area contributed by atoms with Gasteiger partial charge < -0.3 is 14.8 Å². The third-order valence-electron chi connectivity index (χ3n) is 4.30. The lowest BCUT2D eigenvalue weighted by atomic mass is 9.93. The predicted molar refractivity (Wildman–Crippen MR) is 82.6 cm³/mol. The first-order valence-corrected chi connectivity index (χ1v) is 8.68. The monoisotopic (exact) mass is 299 g/mol. The van der Waals surface area contributed by atoms with Crippen LogP contribution in [-0.4, -0.2) is 74.0 Å². The van der Waals surface area contributed by atoms with Gasteiger partial charge >= 0.3 is 0 Å². The first-order chi connectivity index (χ1) is 9.86. The van der Waals surface area contributed by atoms with Gasteiger partial charge in [-0.15, -0.1) is 0 Å². The Balaban J connectivity index is 1.37. The lowest BCUT2D eigenvalue weighted by Gasteiger charge is -2.32. The first kappa shape index (κ1) is 14.6. The largest absolute Gasteiger partial charge is 0.381 e. The molecule has 0 aromatic heterocycles. The van der Waals surface area contributed by atoms with Crippen LogP contribution in [0.4, 0.5) is 0 Å². The number of morpholine rings is 1. The van der Waals surface area contributed by atoms with Crippen LogP contribution in [-0.2, 0) is 9.47 Å². The second-order valence-corrected chi connectivity index (χ2v) is 6.76. The molecule has 0 aliphatic carbocycles. The molecule has 20 heavy (non-hydrogen) atoms. The smallest absolute Gasteiger partial charge is 0.157 e. The van der Waals surface area contributed by atoms with E-state index in [0.717, 1.165) is 82.8 Å². The number of nitrogens with zero attached hydrogens (tertiary/aromatic N) is 2. The molecular weight excluding hydrogens is 274 g/mol. The Labute approximate surface area is 125 Å². The van der Waals surface area contributed by atoms with Gasteiger partial charge in [-0.3, -0.25) is 9.89 Å². The molecule has 0 atom stereocenters. The lowest BCUT2D eigenvalue weighted by Crippen LogP contribution is -2.48. The Hall–Kier alpha value is -0.300. The minimum absolute atomic E-state index is 0.270. The van der Waals surface area contributed by atoms with Crippen molar-refractivity contribution in [2.24, 2.45) is 4.99 Å². The summed E-state index contributed by atoms with van der Waals surface area (Å²) in [5, 5.41) is 4.79. The van der Waals surface area contributed by atoms with Gasteiger partial charge in [-0.2, -0.15) is 0 Å². The molecule has 3 saturated heterocycles. The average molecular weight is 299 g/mol. The number of hydrogen-bond donors (Lipinski definition) is 1. The van der Waals surface area contributed by atoms with Crippen LogP contribution >= 0.6 is 11.8 Å². The van der Waals surface area contributed by atoms with Gasteiger partial charge in [0.05, 0.1) is 18.8 Å². The fourth-order valence-electron chi connectivity index (χ4n) is 2.92. The highest BCUT2D eigenvalue weighted by Gasteiger charge is 2.38. The summed E-state index contributed by atoms with van der Waals surface area (Å²) in [4.78, 5) is 7.20. The molecule has 0 saturated carbocycles. The molecule has 0 aromatic rings. The molecule has 1 N–H and O–H groups in total. The summed E-state index contributed by atoms with van der Waals surface area (Å²) in [6.45, 7) is 7.77. The molecule has 1 spiro atoms. The SMILES string of the molecule is C(CN=C1NC2(CCOCC2)CS1)CN1CCOCC1. The van der Waals surface area contributed by atoms with Crippen molar-refractivity contribution in [1.82, 2.24) is 10.2 Å². The van der Waals surface area contributed by atoms with Crippen LogP contribution in [0.25, 0.3) is 0 Å². The Bertz CT molecular complexity index is 339. The summed E-state index contributed by atoms with van der Waals surface area (Å²) in [5.41, 5.74) is 0.270. The molecule has 3 aliphatic heterocycles. The molecular formula is C14H25N3O2S. The number of aliphatic imine (C=N–C) groups is 1. The molecule has 0 bridgehead atoms. The summed E-state index contributed by atoms with van der Waals surface area (Å²) in [6.07, 6.45) is 3.38. The Morgan fingerprint density at radius 2 is 1.90 bits per heavy atom. The number of thioether (sulfide) groups is 1. The Kier molecular flexibility index (Phi) is 5.20. The zero-order valence-corrected chi connectivity index (χ0v) is 12.9. The lowest BCUT2D eigenvalue weighted by molar-refractivity contribution is 0.0377. The molecule has 0 amide bonds. The van der Waals surface area contributed by atoms with Crippen molar-refractivity contribution < 1.29 is 9.47 Å². The van der Waals surface area contributed by atoms with E-state index in [9.17, 15) is 0 Å². The fraction of sp³-hybridized carbons (Fsp3) is 0.929. The standard InChI is InChI=1S/C14H25N3O2S/c1(5-17-6-10-19-11-7-17)4-15-13-16-14(12-20-13)2-8-18-9-3-14/h1-12H2,(H,15,16). The van der Waals surface area contributed by atoms with E-state index >= 15 is 0 Å². The van der Waals surface area contributed by atoms with Crippen LogP contribution in [0.1, 0.15) is 19.3 Å². The second-order valence-electron chi connectivity index (χ2n) is 5.80. The van der Waals surface area contributed by atoms with Crippen LogP contribution in [0.15, 0.2) is 4.99 Å². The van der Waals surface area contributed by atoms with E-state index in [2.05, 4.69) is 10.2 Å². The van der Waals surface area contributed by atoms with Crippen molar-refractivity contribution in [2.75, 3.05) is 58.4 Å². The van der Waals surface area contributed by atoms with Gasteiger partial charge in [0.25, 0.3) is 0 Å². The maximum absolute atomic E-state index is 5.45. The summed E-state index contributed by atoms with van der Waals surface area (Å²) >= 11 is 1.88. The molecule has 0 radical (unpaired) electrons. The fourth-order valence-corrected chi connectivity index (χ4v) is 4.17. The van der Waals surface area contributed by atoms with Gasteiger partial charge in [-0.25, -0.2) is 0 Å². The van der Waals surface area contributed by atoms with E-state index in [1.54, 1.807) is 0 Å². The van der Waals surface area contributed by atoms with Gasteiger partial charge in [0.15, 0.2) is 5.17 Å². The molecule has 5 nitrogen and oxygen atoms in total. The summed E-state index contributed by atoms with van der Waals surface area (Å²) in [6, 6.07) is 0. The number of hydrogen-bond acceptors (Lipinski definition) is 5. The third kappa shape index (κ3) is 3.87. The van der Waals surface area contributed by atoms with Gasteiger partial charge in [0.1, 0.15) is 0 Å². The highest BCUT2D eigenvalue weighted by molar-refractivity contribution is 8.14. The normalized spacial score (nSPS) is 28.9. The van der Waals surface area contributed by atoms with Crippen LogP contribution in [0, 0.1) is 0 Å². The predicted octanol–water partition coefficient (Wildman–Crippen LogP) is 0.950. The third-order valence-corrected chi connectivity index (χ3v) is 5.50. The Morgan fingerprint density at radius 1 is 1.15 bits per heavy atom. The van der Waals surface area contributed by atoms with Crippen molar-refractivity contribution in [3.63, 3.8) is 0 Å². The number of amidine groups is 1. The quantitative estimate of drug-likeness (QED) is 0.783. The number of nitrogens with one attached hydrogen (secondary N) is 1. The molecule has 6 heteroatoms. The second kappa shape index (κ2) is 7.11. The highest BCUT2D eigenvalue weighted by Crippen LogP contribution is 2.31. The van der Waals surface area contributed by atoms with Crippen molar-refractivity contribution >= 4 is 16.9 Å².